The number of rotatable bonds is 3. The SMILES string of the molecule is C[C@@H]1CC[C@@H](NC(N)=O)C(=O)N1Cc1cc(Br)ccc1F. The van der Waals surface area contributed by atoms with E-state index in [4.69, 9.17) is 5.73 Å². The Morgan fingerprint density at radius 1 is 1.52 bits per heavy atom. The number of halogens is 2. The molecule has 1 aromatic carbocycles. The molecule has 5 nitrogen and oxygen atoms in total. The average Bonchev–Trinajstić information content (AvgIpc) is 2.41. The predicted molar refractivity (Wildman–Crippen MR) is 79.9 cm³/mol. The molecule has 2 rings (SSSR count). The second kappa shape index (κ2) is 6.43. The summed E-state index contributed by atoms with van der Waals surface area (Å²) in [5, 5.41) is 2.44. The van der Waals surface area contributed by atoms with Crippen LogP contribution >= 0.6 is 15.9 Å². The van der Waals surface area contributed by atoms with Gasteiger partial charge in [0.1, 0.15) is 11.9 Å². The summed E-state index contributed by atoms with van der Waals surface area (Å²) in [5.74, 6) is -0.588. The molecule has 3 N–H and O–H groups in total. The van der Waals surface area contributed by atoms with Crippen LogP contribution in [0.3, 0.4) is 0 Å². The summed E-state index contributed by atoms with van der Waals surface area (Å²) in [7, 11) is 0. The molecule has 0 unspecified atom stereocenters. The molecular formula is C14H17BrFN3O2. The van der Waals surface area contributed by atoms with Gasteiger partial charge in [0.2, 0.25) is 5.91 Å². The van der Waals surface area contributed by atoms with Gasteiger partial charge in [0, 0.05) is 22.6 Å². The third-order valence-corrected chi connectivity index (χ3v) is 4.14. The van der Waals surface area contributed by atoms with E-state index in [1.807, 2.05) is 6.92 Å². The smallest absolute Gasteiger partial charge is 0.312 e. The van der Waals surface area contributed by atoms with Crippen LogP contribution < -0.4 is 11.1 Å². The maximum absolute atomic E-state index is 13.8. The highest BCUT2D eigenvalue weighted by atomic mass is 79.9. The molecule has 0 spiro atoms. The van der Waals surface area contributed by atoms with Crippen molar-refractivity contribution in [3.63, 3.8) is 0 Å². The van der Waals surface area contributed by atoms with Crippen LogP contribution in [-0.2, 0) is 11.3 Å². The molecule has 1 fully saturated rings. The number of nitrogens with zero attached hydrogens (tertiary/aromatic N) is 1. The number of carbonyl (C=O) groups is 2. The highest BCUT2D eigenvalue weighted by Gasteiger charge is 2.34. The fourth-order valence-electron chi connectivity index (χ4n) is 2.49. The van der Waals surface area contributed by atoms with Gasteiger partial charge in [-0.2, -0.15) is 0 Å². The van der Waals surface area contributed by atoms with Gasteiger partial charge in [-0.1, -0.05) is 15.9 Å². The van der Waals surface area contributed by atoms with Crippen LogP contribution in [0.1, 0.15) is 25.3 Å². The predicted octanol–water partition coefficient (Wildman–Crippen LogP) is 2.14. The number of hydrogen-bond donors (Lipinski definition) is 2. The van der Waals surface area contributed by atoms with Gasteiger partial charge in [-0.25, -0.2) is 9.18 Å². The van der Waals surface area contributed by atoms with E-state index < -0.39 is 12.1 Å². The Balaban J connectivity index is 2.18. The zero-order valence-electron chi connectivity index (χ0n) is 11.6. The van der Waals surface area contributed by atoms with E-state index in [1.54, 1.807) is 17.0 Å². The standard InChI is InChI=1S/C14H17BrFN3O2/c1-8-2-5-12(18-14(17)21)13(20)19(8)7-9-6-10(15)3-4-11(9)16/h3-4,6,8,12H,2,5,7H2,1H3,(H3,17,18,21)/t8-,12-/m1/s1. The lowest BCUT2D eigenvalue weighted by atomic mass is 9.97. The monoisotopic (exact) mass is 357 g/mol. The lowest BCUT2D eigenvalue weighted by molar-refractivity contribution is -0.139. The Morgan fingerprint density at radius 3 is 2.90 bits per heavy atom. The zero-order chi connectivity index (χ0) is 15.6. The average molecular weight is 358 g/mol. The lowest BCUT2D eigenvalue weighted by Gasteiger charge is -2.37. The highest BCUT2D eigenvalue weighted by molar-refractivity contribution is 9.10. The number of primary amides is 1. The molecule has 0 bridgehead atoms. The molecule has 2 atom stereocenters. The molecule has 1 aromatic rings. The van der Waals surface area contributed by atoms with Gasteiger partial charge in [0.05, 0.1) is 0 Å². The molecule has 114 valence electrons. The number of nitrogens with one attached hydrogen (secondary N) is 1. The van der Waals surface area contributed by atoms with Crippen molar-refractivity contribution in [2.24, 2.45) is 5.73 Å². The summed E-state index contributed by atoms with van der Waals surface area (Å²) in [4.78, 5) is 24.9. The number of carbonyl (C=O) groups excluding carboxylic acids is 2. The Labute approximate surface area is 130 Å². The van der Waals surface area contributed by atoms with Gasteiger partial charge in [-0.05, 0) is 38.0 Å². The molecule has 0 aliphatic carbocycles. The molecule has 1 saturated heterocycles. The molecule has 21 heavy (non-hydrogen) atoms. The number of piperidine rings is 1. The number of likely N-dealkylation sites (tertiary alicyclic amines) is 1. The molecule has 1 heterocycles. The van der Waals surface area contributed by atoms with E-state index in [1.165, 1.54) is 6.07 Å². The Morgan fingerprint density at radius 2 is 2.24 bits per heavy atom. The Bertz CT molecular complexity index is 567. The summed E-state index contributed by atoms with van der Waals surface area (Å²) in [6.07, 6.45) is 1.27. The van der Waals surface area contributed by atoms with Crippen LogP contribution in [0, 0.1) is 5.82 Å². The van der Waals surface area contributed by atoms with Gasteiger partial charge in [-0.3, -0.25) is 4.79 Å². The van der Waals surface area contributed by atoms with Gasteiger partial charge in [0.15, 0.2) is 0 Å². The van der Waals surface area contributed by atoms with E-state index in [0.29, 0.717) is 12.0 Å². The second-order valence-corrected chi connectivity index (χ2v) is 6.11. The van der Waals surface area contributed by atoms with Crippen LogP contribution in [0.15, 0.2) is 22.7 Å². The first kappa shape index (κ1) is 15.8. The zero-order valence-corrected chi connectivity index (χ0v) is 13.2. The van der Waals surface area contributed by atoms with E-state index >= 15 is 0 Å². The number of benzene rings is 1. The first-order chi connectivity index (χ1) is 9.88. The molecule has 1 aliphatic rings. The van der Waals surface area contributed by atoms with Crippen molar-refractivity contribution < 1.29 is 14.0 Å². The molecule has 3 amide bonds. The van der Waals surface area contributed by atoms with Crippen molar-refractivity contribution in [2.75, 3.05) is 0 Å². The minimum Gasteiger partial charge on any atom is -0.352 e. The summed E-state index contributed by atoms with van der Waals surface area (Å²) in [5.41, 5.74) is 5.51. The Kier molecular flexibility index (Phi) is 4.82. The van der Waals surface area contributed by atoms with E-state index in [0.717, 1.165) is 10.9 Å². The van der Waals surface area contributed by atoms with Gasteiger partial charge < -0.3 is 16.0 Å². The summed E-state index contributed by atoms with van der Waals surface area (Å²) in [6.45, 7) is 2.08. The maximum atomic E-state index is 13.8. The number of hydrogen-bond acceptors (Lipinski definition) is 2. The molecule has 0 aromatic heterocycles. The van der Waals surface area contributed by atoms with E-state index in [-0.39, 0.29) is 24.3 Å². The maximum Gasteiger partial charge on any atom is 0.312 e. The van der Waals surface area contributed by atoms with Crippen molar-refractivity contribution in [1.82, 2.24) is 10.2 Å². The second-order valence-electron chi connectivity index (χ2n) is 5.19. The third kappa shape index (κ3) is 3.72. The van der Waals surface area contributed by atoms with Crippen molar-refractivity contribution in [3.8, 4) is 0 Å². The fraction of sp³-hybridized carbons (Fsp3) is 0.429. The number of nitrogens with two attached hydrogens (primary N) is 1. The quantitative estimate of drug-likeness (QED) is 0.869. The number of urea groups is 1. The van der Waals surface area contributed by atoms with Crippen molar-refractivity contribution in [1.29, 1.82) is 0 Å². The van der Waals surface area contributed by atoms with Crippen molar-refractivity contribution in [3.05, 3.63) is 34.1 Å². The van der Waals surface area contributed by atoms with Gasteiger partial charge >= 0.3 is 6.03 Å². The van der Waals surface area contributed by atoms with E-state index in [2.05, 4.69) is 21.2 Å². The molecule has 7 heteroatoms. The topological polar surface area (TPSA) is 75.4 Å². The summed E-state index contributed by atoms with van der Waals surface area (Å²) < 4.78 is 14.6. The molecule has 1 aliphatic heterocycles. The van der Waals surface area contributed by atoms with Crippen molar-refractivity contribution in [2.45, 2.75) is 38.4 Å². The normalized spacial score (nSPS) is 22.2. The molecule has 0 saturated carbocycles. The van der Waals surface area contributed by atoms with Gasteiger partial charge in [0.25, 0.3) is 0 Å². The van der Waals surface area contributed by atoms with Crippen LogP contribution in [0.5, 0.6) is 0 Å². The molecular weight excluding hydrogens is 341 g/mol. The molecule has 0 radical (unpaired) electrons. The largest absolute Gasteiger partial charge is 0.352 e. The van der Waals surface area contributed by atoms with Gasteiger partial charge in [-0.15, -0.1) is 0 Å². The minimum atomic E-state index is -0.725. The summed E-state index contributed by atoms with van der Waals surface area (Å²) in [6, 6.07) is 3.25. The summed E-state index contributed by atoms with van der Waals surface area (Å²) >= 11 is 3.29. The highest BCUT2D eigenvalue weighted by Crippen LogP contribution is 2.23. The lowest BCUT2D eigenvalue weighted by Crippen LogP contribution is -2.55. The van der Waals surface area contributed by atoms with Crippen LogP contribution in [0.25, 0.3) is 0 Å². The van der Waals surface area contributed by atoms with Crippen LogP contribution in [0.4, 0.5) is 9.18 Å². The fourth-order valence-corrected chi connectivity index (χ4v) is 2.90. The van der Waals surface area contributed by atoms with Crippen molar-refractivity contribution >= 4 is 27.9 Å². The Hall–Kier alpha value is -1.63. The van der Waals surface area contributed by atoms with E-state index in [9.17, 15) is 14.0 Å². The minimum absolute atomic E-state index is 0.0122. The first-order valence-electron chi connectivity index (χ1n) is 6.69. The third-order valence-electron chi connectivity index (χ3n) is 3.65. The first-order valence-corrected chi connectivity index (χ1v) is 7.48. The van der Waals surface area contributed by atoms with Crippen LogP contribution in [-0.4, -0.2) is 28.9 Å². The van der Waals surface area contributed by atoms with Crippen LogP contribution in [0.2, 0.25) is 0 Å². The number of amides is 3.